The molecule has 0 saturated heterocycles. The molecule has 0 saturated carbocycles. The first-order chi connectivity index (χ1) is 14.7. The lowest BCUT2D eigenvalue weighted by Crippen LogP contribution is -2.55. The van der Waals surface area contributed by atoms with Gasteiger partial charge in [-0.1, -0.05) is 0 Å². The zero-order valence-electron chi connectivity index (χ0n) is 16.2. The minimum atomic E-state index is -4.98. The molecule has 0 spiro atoms. The van der Waals surface area contributed by atoms with E-state index >= 15 is 0 Å². The van der Waals surface area contributed by atoms with Gasteiger partial charge in [0.05, 0.1) is 24.4 Å². The number of benzene rings is 2. The molecule has 4 rings (SSSR count). The van der Waals surface area contributed by atoms with E-state index in [1.165, 1.54) is 29.6 Å². The number of nitrogens with zero attached hydrogens (tertiary/aromatic N) is 3. The standard InChI is InChI=1S/C21H17F4N3O2S/c1-2-30-16-9-5-13(6-10-16)17-11-20(29,21(23,24)25)28(27-17)19-26-18(12-31-19)14-3-7-15(22)8-4-14/h3-10,12,29H,2,11H2,1H3/t20-/m0/s1. The van der Waals surface area contributed by atoms with E-state index in [1.807, 2.05) is 6.92 Å². The Morgan fingerprint density at radius 3 is 2.35 bits per heavy atom. The number of thiazole rings is 1. The first kappa shape index (κ1) is 21.3. The van der Waals surface area contributed by atoms with Crippen LogP contribution in [-0.4, -0.2) is 34.3 Å². The maximum Gasteiger partial charge on any atom is 0.438 e. The summed E-state index contributed by atoms with van der Waals surface area (Å²) in [6.45, 7) is 2.28. The molecule has 1 atom stereocenters. The smallest absolute Gasteiger partial charge is 0.438 e. The SMILES string of the molecule is CCOc1ccc(C2=NN(c3nc(-c4ccc(F)cc4)cs3)[C@@](O)(C(F)(F)F)C2)cc1. The number of anilines is 1. The molecule has 1 aliphatic rings. The van der Waals surface area contributed by atoms with E-state index in [2.05, 4.69) is 10.1 Å². The quantitative estimate of drug-likeness (QED) is 0.541. The first-order valence-corrected chi connectivity index (χ1v) is 10.2. The first-order valence-electron chi connectivity index (χ1n) is 9.33. The molecule has 0 unspecified atom stereocenters. The minimum Gasteiger partial charge on any atom is -0.494 e. The van der Waals surface area contributed by atoms with Crippen LogP contribution in [0.15, 0.2) is 59.0 Å². The van der Waals surface area contributed by atoms with Crippen LogP contribution in [0.3, 0.4) is 0 Å². The van der Waals surface area contributed by atoms with Crippen molar-refractivity contribution in [2.45, 2.75) is 25.2 Å². The van der Waals surface area contributed by atoms with E-state index in [0.717, 1.165) is 11.3 Å². The lowest BCUT2D eigenvalue weighted by Gasteiger charge is -2.32. The van der Waals surface area contributed by atoms with Crippen LogP contribution in [0.1, 0.15) is 18.9 Å². The Morgan fingerprint density at radius 2 is 1.74 bits per heavy atom. The van der Waals surface area contributed by atoms with E-state index in [9.17, 15) is 22.7 Å². The Kier molecular flexibility index (Phi) is 5.44. The molecule has 1 aliphatic heterocycles. The fraction of sp³-hybridized carbons (Fsp3) is 0.238. The van der Waals surface area contributed by atoms with Crippen molar-refractivity contribution in [3.8, 4) is 17.0 Å². The van der Waals surface area contributed by atoms with Crippen LogP contribution in [-0.2, 0) is 0 Å². The van der Waals surface area contributed by atoms with Crippen molar-refractivity contribution < 1.29 is 27.4 Å². The van der Waals surface area contributed by atoms with Gasteiger partial charge < -0.3 is 9.84 Å². The molecule has 1 aromatic heterocycles. The average molecular weight is 451 g/mol. The van der Waals surface area contributed by atoms with Gasteiger partial charge in [-0.3, -0.25) is 0 Å². The highest BCUT2D eigenvalue weighted by atomic mass is 32.1. The number of hydrazone groups is 1. The number of aliphatic hydroxyl groups is 1. The molecule has 5 nitrogen and oxygen atoms in total. The normalized spacial score (nSPS) is 18.9. The van der Waals surface area contributed by atoms with Crippen LogP contribution in [0.25, 0.3) is 11.3 Å². The predicted octanol–water partition coefficient (Wildman–Crippen LogP) is 5.21. The maximum absolute atomic E-state index is 13.9. The molecule has 0 radical (unpaired) electrons. The molecule has 162 valence electrons. The van der Waals surface area contributed by atoms with Crippen LogP contribution < -0.4 is 9.75 Å². The summed E-state index contributed by atoms with van der Waals surface area (Å²) in [5.41, 5.74) is -1.84. The molecule has 0 fully saturated rings. The molecule has 31 heavy (non-hydrogen) atoms. The van der Waals surface area contributed by atoms with Crippen molar-refractivity contribution >= 4 is 22.2 Å². The number of rotatable bonds is 5. The van der Waals surface area contributed by atoms with Crippen molar-refractivity contribution in [2.24, 2.45) is 5.10 Å². The number of hydrogen-bond acceptors (Lipinski definition) is 6. The van der Waals surface area contributed by atoms with Gasteiger partial charge in [-0.2, -0.15) is 23.3 Å². The summed E-state index contributed by atoms with van der Waals surface area (Å²) in [5.74, 6) is 0.145. The third kappa shape index (κ3) is 4.00. The second-order valence-corrected chi connectivity index (χ2v) is 7.67. The number of hydrogen-bond donors (Lipinski definition) is 1. The van der Waals surface area contributed by atoms with Gasteiger partial charge in [-0.05, 0) is 61.0 Å². The summed E-state index contributed by atoms with van der Waals surface area (Å²) in [6.07, 6.45) is -5.73. The van der Waals surface area contributed by atoms with Gasteiger partial charge >= 0.3 is 6.18 Å². The Labute approximate surface area is 179 Å². The van der Waals surface area contributed by atoms with Crippen molar-refractivity contribution in [2.75, 3.05) is 11.6 Å². The topological polar surface area (TPSA) is 58.0 Å². The van der Waals surface area contributed by atoms with Crippen LogP contribution in [0.2, 0.25) is 0 Å². The predicted molar refractivity (Wildman–Crippen MR) is 110 cm³/mol. The molecule has 0 bridgehead atoms. The van der Waals surface area contributed by atoms with Crippen LogP contribution >= 0.6 is 11.3 Å². The highest BCUT2D eigenvalue weighted by Crippen LogP contribution is 2.45. The van der Waals surface area contributed by atoms with Gasteiger partial charge in [0.15, 0.2) is 0 Å². The monoisotopic (exact) mass is 451 g/mol. The summed E-state index contributed by atoms with van der Waals surface area (Å²) in [5, 5.41) is 16.6. The lowest BCUT2D eigenvalue weighted by molar-refractivity contribution is -0.254. The Balaban J connectivity index is 1.70. The van der Waals surface area contributed by atoms with Crippen molar-refractivity contribution in [1.29, 1.82) is 0 Å². The highest BCUT2D eigenvalue weighted by Gasteiger charge is 2.62. The fourth-order valence-corrected chi connectivity index (χ4v) is 4.00. The van der Waals surface area contributed by atoms with Crippen LogP contribution in [0.5, 0.6) is 5.75 Å². The second kappa shape index (κ2) is 7.93. The summed E-state index contributed by atoms with van der Waals surface area (Å²) < 4.78 is 60.1. The van der Waals surface area contributed by atoms with Gasteiger partial charge in [0, 0.05) is 10.9 Å². The van der Waals surface area contributed by atoms with Crippen molar-refractivity contribution in [3.05, 3.63) is 65.3 Å². The molecule has 2 heterocycles. The van der Waals surface area contributed by atoms with Gasteiger partial charge in [0.25, 0.3) is 5.72 Å². The molecule has 0 aliphatic carbocycles. The van der Waals surface area contributed by atoms with E-state index in [-0.39, 0.29) is 10.8 Å². The average Bonchev–Trinajstić information content (AvgIpc) is 3.34. The van der Waals surface area contributed by atoms with E-state index < -0.39 is 24.1 Å². The third-order valence-electron chi connectivity index (χ3n) is 4.75. The largest absolute Gasteiger partial charge is 0.494 e. The van der Waals surface area contributed by atoms with Gasteiger partial charge in [0.2, 0.25) is 5.13 Å². The van der Waals surface area contributed by atoms with Gasteiger partial charge in [-0.25, -0.2) is 9.37 Å². The zero-order valence-corrected chi connectivity index (χ0v) is 17.0. The fourth-order valence-electron chi connectivity index (χ4n) is 3.15. The van der Waals surface area contributed by atoms with Gasteiger partial charge in [0.1, 0.15) is 11.6 Å². The lowest BCUT2D eigenvalue weighted by atomic mass is 10.0. The maximum atomic E-state index is 13.9. The summed E-state index contributed by atoms with van der Waals surface area (Å²) in [4.78, 5) is 4.20. The van der Waals surface area contributed by atoms with Crippen LogP contribution in [0, 0.1) is 5.82 Å². The van der Waals surface area contributed by atoms with E-state index in [0.29, 0.717) is 34.2 Å². The summed E-state index contributed by atoms with van der Waals surface area (Å²) in [7, 11) is 0. The second-order valence-electron chi connectivity index (χ2n) is 6.83. The number of alkyl halides is 3. The number of aromatic nitrogens is 1. The number of halogens is 4. The zero-order chi connectivity index (χ0) is 22.2. The number of ether oxygens (including phenoxy) is 1. The minimum absolute atomic E-state index is 0.0707. The summed E-state index contributed by atoms with van der Waals surface area (Å²) in [6, 6.07) is 11.9. The molecular weight excluding hydrogens is 434 g/mol. The van der Waals surface area contributed by atoms with Crippen molar-refractivity contribution in [1.82, 2.24) is 4.98 Å². The highest BCUT2D eigenvalue weighted by molar-refractivity contribution is 7.14. The Bertz CT molecular complexity index is 1100. The van der Waals surface area contributed by atoms with E-state index in [1.54, 1.807) is 24.3 Å². The molecule has 0 amide bonds. The molecule has 1 N–H and O–H groups in total. The Hall–Kier alpha value is -2.98. The summed E-state index contributed by atoms with van der Waals surface area (Å²) >= 11 is 0.905. The molecule has 10 heteroatoms. The molecule has 2 aromatic carbocycles. The Morgan fingerprint density at radius 1 is 1.10 bits per heavy atom. The van der Waals surface area contributed by atoms with E-state index in [4.69, 9.17) is 4.74 Å². The van der Waals surface area contributed by atoms with Crippen molar-refractivity contribution in [3.63, 3.8) is 0 Å². The van der Waals surface area contributed by atoms with Crippen LogP contribution in [0.4, 0.5) is 22.7 Å². The third-order valence-corrected chi connectivity index (χ3v) is 5.57. The molecule has 3 aromatic rings. The van der Waals surface area contributed by atoms with Gasteiger partial charge in [-0.15, -0.1) is 11.3 Å². The molecular formula is C21H17F4N3O2S.